The van der Waals surface area contributed by atoms with Gasteiger partial charge in [-0.15, -0.1) is 0 Å². The number of aliphatic hydroxyl groups is 1. The molecule has 96 valence electrons. The smallest absolute Gasteiger partial charge is 0.322 e. The van der Waals surface area contributed by atoms with E-state index in [0.29, 0.717) is 6.61 Å². The molecule has 1 rings (SSSR count). The highest BCUT2D eigenvalue weighted by atomic mass is 35.5. The average Bonchev–Trinajstić information content (AvgIpc) is 2.26. The second-order valence-electron chi connectivity index (χ2n) is 3.01. The minimum Gasteiger partial charge on any atom is -0.464 e. The largest absolute Gasteiger partial charge is 0.464 e. The number of nitrogens with zero attached hydrogens (tertiary/aromatic N) is 3. The molecule has 2 N–H and O–H groups in total. The predicted molar refractivity (Wildman–Crippen MR) is 56.5 cm³/mol. The highest BCUT2D eigenvalue weighted by molar-refractivity contribution is 6.28. The first kappa shape index (κ1) is 13.8. The molecule has 0 aromatic carbocycles. The molecule has 0 amide bonds. The van der Waals surface area contributed by atoms with Crippen molar-refractivity contribution in [3.63, 3.8) is 0 Å². The molecule has 0 saturated carbocycles. The molecule has 6 nitrogen and oxygen atoms in total. The highest BCUT2D eigenvalue weighted by Crippen LogP contribution is 2.15. The summed E-state index contributed by atoms with van der Waals surface area (Å²) in [5.74, 6) is -3.40. The van der Waals surface area contributed by atoms with Crippen molar-refractivity contribution >= 4 is 17.5 Å². The molecule has 0 spiro atoms. The van der Waals surface area contributed by atoms with Gasteiger partial charge in [0.25, 0.3) is 5.92 Å². The van der Waals surface area contributed by atoms with E-state index in [9.17, 15) is 8.78 Å². The zero-order chi connectivity index (χ0) is 12.9. The van der Waals surface area contributed by atoms with Gasteiger partial charge in [-0.2, -0.15) is 15.0 Å². The third kappa shape index (κ3) is 4.61. The average molecular weight is 269 g/mol. The van der Waals surface area contributed by atoms with Crippen molar-refractivity contribution < 1.29 is 18.6 Å². The number of rotatable bonds is 6. The Morgan fingerprint density at radius 1 is 1.41 bits per heavy atom. The summed E-state index contributed by atoms with van der Waals surface area (Å²) < 4.78 is 30.4. The van der Waals surface area contributed by atoms with Gasteiger partial charge in [-0.05, 0) is 18.5 Å². The zero-order valence-corrected chi connectivity index (χ0v) is 9.71. The van der Waals surface area contributed by atoms with E-state index in [4.69, 9.17) is 21.4 Å². The number of halogens is 3. The van der Waals surface area contributed by atoms with Crippen molar-refractivity contribution in [2.24, 2.45) is 0 Å². The van der Waals surface area contributed by atoms with Crippen molar-refractivity contribution in [1.82, 2.24) is 15.0 Å². The van der Waals surface area contributed by atoms with Crippen LogP contribution < -0.4 is 10.1 Å². The fraction of sp³-hybridized carbons (Fsp3) is 0.625. The lowest BCUT2D eigenvalue weighted by atomic mass is 10.3. The molecule has 0 radical (unpaired) electrons. The number of aliphatic hydroxyl groups excluding tert-OH is 1. The maximum atomic E-state index is 12.7. The third-order valence-corrected chi connectivity index (χ3v) is 1.77. The number of hydrogen-bond donors (Lipinski definition) is 2. The van der Waals surface area contributed by atoms with E-state index in [-0.39, 0.29) is 17.2 Å². The first-order valence-electron chi connectivity index (χ1n) is 4.74. The molecule has 17 heavy (non-hydrogen) atoms. The minimum atomic E-state index is -3.26. The molecule has 1 aromatic heterocycles. The van der Waals surface area contributed by atoms with Crippen molar-refractivity contribution in [2.45, 2.75) is 12.8 Å². The van der Waals surface area contributed by atoms with Crippen LogP contribution in [0.4, 0.5) is 14.7 Å². The zero-order valence-electron chi connectivity index (χ0n) is 8.95. The Balaban J connectivity index is 2.70. The Bertz CT molecular complexity index is 381. The molecule has 1 aromatic rings. The lowest BCUT2D eigenvalue weighted by Gasteiger charge is -2.13. The SMILES string of the molecule is CCOc1nc(Cl)nc(NCC(F)(F)CO)n1. The number of anilines is 1. The molecule has 9 heteroatoms. The van der Waals surface area contributed by atoms with Crippen LogP contribution >= 0.6 is 11.6 Å². The van der Waals surface area contributed by atoms with Crippen LogP contribution in [0.5, 0.6) is 6.01 Å². The van der Waals surface area contributed by atoms with E-state index in [0.717, 1.165) is 0 Å². The van der Waals surface area contributed by atoms with Crippen LogP contribution in [-0.2, 0) is 0 Å². The standard InChI is InChI=1S/C8H11ClF2N4O2/c1-2-17-7-14-5(9)13-6(15-7)12-3-8(10,11)4-16/h16H,2-4H2,1H3,(H,12,13,14,15). The quantitative estimate of drug-likeness (QED) is 0.800. The Morgan fingerprint density at radius 2 is 2.12 bits per heavy atom. The topological polar surface area (TPSA) is 80.2 Å². The van der Waals surface area contributed by atoms with Crippen LogP contribution in [0.25, 0.3) is 0 Å². The van der Waals surface area contributed by atoms with E-state index in [1.54, 1.807) is 6.92 Å². The lowest BCUT2D eigenvalue weighted by Crippen LogP contribution is -2.31. The summed E-state index contributed by atoms with van der Waals surface area (Å²) in [6.45, 7) is -0.0518. The molecule has 0 aliphatic carbocycles. The molecule has 0 fully saturated rings. The van der Waals surface area contributed by atoms with Gasteiger partial charge in [0.05, 0.1) is 13.2 Å². The van der Waals surface area contributed by atoms with E-state index in [2.05, 4.69) is 20.3 Å². The molecule has 0 bridgehead atoms. The van der Waals surface area contributed by atoms with E-state index >= 15 is 0 Å². The van der Waals surface area contributed by atoms with E-state index in [1.165, 1.54) is 0 Å². The van der Waals surface area contributed by atoms with Crippen molar-refractivity contribution in [3.05, 3.63) is 5.28 Å². The van der Waals surface area contributed by atoms with Crippen molar-refractivity contribution in [3.8, 4) is 6.01 Å². The highest BCUT2D eigenvalue weighted by Gasteiger charge is 2.27. The third-order valence-electron chi connectivity index (χ3n) is 1.60. The maximum absolute atomic E-state index is 12.7. The van der Waals surface area contributed by atoms with E-state index in [1.807, 2.05) is 0 Å². The van der Waals surface area contributed by atoms with Crippen LogP contribution in [0.2, 0.25) is 5.28 Å². The second kappa shape index (κ2) is 5.87. The van der Waals surface area contributed by atoms with Gasteiger partial charge < -0.3 is 15.2 Å². The van der Waals surface area contributed by atoms with Crippen LogP contribution in [0.15, 0.2) is 0 Å². The normalized spacial score (nSPS) is 11.4. The summed E-state index contributed by atoms with van der Waals surface area (Å²) in [5.41, 5.74) is 0. The summed E-state index contributed by atoms with van der Waals surface area (Å²) >= 11 is 5.55. The van der Waals surface area contributed by atoms with Gasteiger partial charge >= 0.3 is 6.01 Å². The molecular formula is C8H11ClF2N4O2. The van der Waals surface area contributed by atoms with Gasteiger partial charge in [0.1, 0.15) is 6.61 Å². The van der Waals surface area contributed by atoms with Crippen LogP contribution in [0.3, 0.4) is 0 Å². The minimum absolute atomic E-state index is 0.0534. The summed E-state index contributed by atoms with van der Waals surface area (Å²) in [5, 5.41) is 10.4. The molecule has 0 saturated heterocycles. The Kier molecular flexibility index (Phi) is 4.76. The fourth-order valence-electron chi connectivity index (χ4n) is 0.869. The molecule has 0 aliphatic heterocycles. The molecule has 1 heterocycles. The van der Waals surface area contributed by atoms with Gasteiger partial charge in [0.2, 0.25) is 11.2 Å². The van der Waals surface area contributed by atoms with Crippen molar-refractivity contribution in [2.75, 3.05) is 25.1 Å². The van der Waals surface area contributed by atoms with Gasteiger partial charge in [-0.25, -0.2) is 8.78 Å². The Morgan fingerprint density at radius 3 is 2.71 bits per heavy atom. The predicted octanol–water partition coefficient (Wildman–Crippen LogP) is 0.963. The molecule has 0 atom stereocenters. The number of nitrogens with one attached hydrogen (secondary N) is 1. The molecule has 0 aliphatic rings. The maximum Gasteiger partial charge on any atom is 0.322 e. The molecule has 0 unspecified atom stereocenters. The molecular weight excluding hydrogens is 258 g/mol. The van der Waals surface area contributed by atoms with Gasteiger partial charge in [-0.3, -0.25) is 0 Å². The first-order valence-corrected chi connectivity index (χ1v) is 5.11. The van der Waals surface area contributed by atoms with Gasteiger partial charge in [-0.1, -0.05) is 0 Å². The Hall–Kier alpha value is -1.28. The monoisotopic (exact) mass is 268 g/mol. The number of aromatic nitrogens is 3. The first-order chi connectivity index (χ1) is 7.96. The number of ether oxygens (including phenoxy) is 1. The van der Waals surface area contributed by atoms with Gasteiger partial charge in [0.15, 0.2) is 0 Å². The summed E-state index contributed by atoms with van der Waals surface area (Å²) in [6, 6.07) is -0.0534. The van der Waals surface area contributed by atoms with Crippen LogP contribution in [0.1, 0.15) is 6.92 Å². The summed E-state index contributed by atoms with van der Waals surface area (Å²) in [7, 11) is 0. The fourth-order valence-corrected chi connectivity index (χ4v) is 1.02. The summed E-state index contributed by atoms with van der Waals surface area (Å²) in [4.78, 5) is 10.9. The Labute approximate surface area is 101 Å². The van der Waals surface area contributed by atoms with E-state index < -0.39 is 19.1 Å². The lowest BCUT2D eigenvalue weighted by molar-refractivity contribution is -0.0374. The number of hydrogen-bond acceptors (Lipinski definition) is 6. The van der Waals surface area contributed by atoms with Crippen LogP contribution in [0, 0.1) is 0 Å². The van der Waals surface area contributed by atoms with Gasteiger partial charge in [0, 0.05) is 0 Å². The summed E-state index contributed by atoms with van der Waals surface area (Å²) in [6.07, 6.45) is 0. The van der Waals surface area contributed by atoms with Crippen LogP contribution in [-0.4, -0.2) is 45.7 Å². The number of alkyl halides is 2. The second-order valence-corrected chi connectivity index (χ2v) is 3.35. The van der Waals surface area contributed by atoms with Crippen molar-refractivity contribution in [1.29, 1.82) is 0 Å².